The van der Waals surface area contributed by atoms with Gasteiger partial charge in [-0.1, -0.05) is 68.4 Å². The number of hydrogen-bond acceptors (Lipinski definition) is 5. The largest absolute Gasteiger partial charge is 0.493 e. The number of hydrogen-bond donors (Lipinski definition) is 1. The minimum Gasteiger partial charge on any atom is -0.493 e. The third-order valence-electron chi connectivity index (χ3n) is 3.63. The van der Waals surface area contributed by atoms with Crippen molar-refractivity contribution < 1.29 is 19.4 Å². The molecule has 2 rings (SSSR count). The fourth-order valence-electron chi connectivity index (χ4n) is 2.35. The van der Waals surface area contributed by atoms with Crippen molar-refractivity contribution in [1.82, 2.24) is 4.90 Å². The highest BCUT2D eigenvalue weighted by atomic mass is 32.2. The molecule has 0 radical (unpaired) electrons. The minimum atomic E-state index is -1.09. The topological polar surface area (TPSA) is 66.8 Å². The molecule has 1 N–H and O–H groups in total. The number of carbonyl (C=O) groups excluding carboxylic acids is 1. The Morgan fingerprint density at radius 2 is 2.08 bits per heavy atom. The first-order chi connectivity index (χ1) is 12.0. The van der Waals surface area contributed by atoms with Crippen molar-refractivity contribution in [2.45, 2.75) is 32.6 Å². The van der Waals surface area contributed by atoms with Gasteiger partial charge in [0.25, 0.3) is 5.91 Å². The lowest BCUT2D eigenvalue weighted by Crippen LogP contribution is -2.33. The Morgan fingerprint density at radius 1 is 1.32 bits per heavy atom. The Hall–Kier alpha value is -1.86. The van der Waals surface area contributed by atoms with E-state index in [2.05, 4.69) is 6.92 Å². The summed E-state index contributed by atoms with van der Waals surface area (Å²) in [6, 6.07) is 7.48. The number of benzene rings is 1. The van der Waals surface area contributed by atoms with Crippen LogP contribution in [0.25, 0.3) is 6.08 Å². The minimum absolute atomic E-state index is 0.261. The zero-order valence-electron chi connectivity index (χ0n) is 14.1. The highest BCUT2D eigenvalue weighted by Gasteiger charge is 2.33. The van der Waals surface area contributed by atoms with Gasteiger partial charge in [0, 0.05) is 5.56 Å². The Labute approximate surface area is 157 Å². The van der Waals surface area contributed by atoms with Crippen molar-refractivity contribution in [3.05, 3.63) is 34.7 Å². The van der Waals surface area contributed by atoms with Crippen molar-refractivity contribution in [2.24, 2.45) is 0 Å². The number of carboxylic acid groups (broad SMARTS) is 1. The van der Waals surface area contributed by atoms with E-state index < -0.39 is 12.5 Å². The van der Waals surface area contributed by atoms with Crippen LogP contribution in [0.2, 0.25) is 0 Å². The first-order valence-corrected chi connectivity index (χ1v) is 9.44. The summed E-state index contributed by atoms with van der Waals surface area (Å²) < 4.78 is 6.10. The summed E-state index contributed by atoms with van der Waals surface area (Å²) in [4.78, 5) is 24.7. The van der Waals surface area contributed by atoms with E-state index in [4.69, 9.17) is 22.1 Å². The number of carboxylic acids is 1. The third-order valence-corrected chi connectivity index (χ3v) is 5.01. The fourth-order valence-corrected chi connectivity index (χ4v) is 3.60. The van der Waals surface area contributed by atoms with Gasteiger partial charge in [-0.05, 0) is 18.6 Å². The third kappa shape index (κ3) is 5.57. The lowest BCUT2D eigenvalue weighted by Gasteiger charge is -2.10. The van der Waals surface area contributed by atoms with Crippen molar-refractivity contribution in [1.29, 1.82) is 0 Å². The molecule has 0 aromatic heterocycles. The molecule has 1 aliphatic rings. The van der Waals surface area contributed by atoms with Crippen LogP contribution in [-0.4, -0.2) is 39.4 Å². The van der Waals surface area contributed by atoms with E-state index in [9.17, 15) is 9.59 Å². The number of carbonyl (C=O) groups is 2. The number of aliphatic carboxylic acids is 1. The average Bonchev–Trinajstić information content (AvgIpc) is 2.83. The van der Waals surface area contributed by atoms with Crippen LogP contribution in [0.15, 0.2) is 29.2 Å². The van der Waals surface area contributed by atoms with Crippen molar-refractivity contribution in [3.8, 4) is 5.75 Å². The molecule has 0 unspecified atom stereocenters. The molecule has 25 heavy (non-hydrogen) atoms. The summed E-state index contributed by atoms with van der Waals surface area (Å²) in [5.41, 5.74) is 0.786. The molecule has 1 amide bonds. The molecule has 1 aliphatic heterocycles. The number of nitrogens with zero attached hydrogens (tertiary/aromatic N) is 1. The van der Waals surface area contributed by atoms with Gasteiger partial charge in [0.2, 0.25) is 0 Å². The fraction of sp³-hybridized carbons (Fsp3) is 0.389. The van der Waals surface area contributed by atoms with Crippen LogP contribution in [0.4, 0.5) is 0 Å². The molecule has 7 heteroatoms. The van der Waals surface area contributed by atoms with Gasteiger partial charge in [-0.2, -0.15) is 0 Å². The number of para-hydroxylation sites is 1. The summed E-state index contributed by atoms with van der Waals surface area (Å²) in [6.45, 7) is 2.37. The smallest absolute Gasteiger partial charge is 0.323 e. The number of ether oxygens (including phenoxy) is 1. The van der Waals surface area contributed by atoms with Crippen LogP contribution in [0.3, 0.4) is 0 Å². The molecule has 1 aromatic carbocycles. The maximum Gasteiger partial charge on any atom is 0.323 e. The van der Waals surface area contributed by atoms with Gasteiger partial charge in [0.1, 0.15) is 16.6 Å². The summed E-state index contributed by atoms with van der Waals surface area (Å²) in [5.74, 6) is -0.758. The molecule has 1 aromatic rings. The van der Waals surface area contributed by atoms with Gasteiger partial charge >= 0.3 is 5.97 Å². The SMILES string of the molecule is CCCCCCOc1ccccc1/C=C1/SC(=S)N(CC(=O)O)C1=O. The molecule has 1 saturated heterocycles. The lowest BCUT2D eigenvalue weighted by molar-refractivity contribution is -0.140. The second-order valence-electron chi connectivity index (χ2n) is 5.61. The van der Waals surface area contributed by atoms with Gasteiger partial charge in [-0.25, -0.2) is 0 Å². The van der Waals surface area contributed by atoms with Gasteiger partial charge in [0.15, 0.2) is 0 Å². The second-order valence-corrected chi connectivity index (χ2v) is 7.28. The Morgan fingerprint density at radius 3 is 2.80 bits per heavy atom. The van der Waals surface area contributed by atoms with Gasteiger partial charge in [-0.15, -0.1) is 0 Å². The van der Waals surface area contributed by atoms with Crippen molar-refractivity contribution in [2.75, 3.05) is 13.2 Å². The van der Waals surface area contributed by atoms with Crippen LogP contribution in [0, 0.1) is 0 Å². The number of amides is 1. The molecule has 5 nitrogen and oxygen atoms in total. The number of rotatable bonds is 9. The Balaban J connectivity index is 2.09. The van der Waals surface area contributed by atoms with Gasteiger partial charge < -0.3 is 9.84 Å². The quantitative estimate of drug-likeness (QED) is 0.398. The highest BCUT2D eigenvalue weighted by molar-refractivity contribution is 8.26. The molecule has 0 atom stereocenters. The molecular formula is C18H21NO4S2. The zero-order chi connectivity index (χ0) is 18.2. The molecule has 0 bridgehead atoms. The molecular weight excluding hydrogens is 358 g/mol. The summed E-state index contributed by atoms with van der Waals surface area (Å²) in [5, 5.41) is 8.89. The Bertz CT molecular complexity index is 687. The molecule has 0 saturated carbocycles. The number of thiocarbonyl (C=S) groups is 1. The number of unbranched alkanes of at least 4 members (excludes halogenated alkanes) is 3. The zero-order valence-corrected chi connectivity index (χ0v) is 15.7. The first-order valence-electron chi connectivity index (χ1n) is 8.22. The monoisotopic (exact) mass is 379 g/mol. The highest BCUT2D eigenvalue weighted by Crippen LogP contribution is 2.34. The predicted octanol–water partition coefficient (Wildman–Crippen LogP) is 3.93. The van der Waals surface area contributed by atoms with Crippen molar-refractivity contribution in [3.63, 3.8) is 0 Å². The van der Waals surface area contributed by atoms with Crippen molar-refractivity contribution >= 4 is 46.3 Å². The molecule has 0 spiro atoms. The van der Waals surface area contributed by atoms with Gasteiger partial charge in [0.05, 0.1) is 11.5 Å². The van der Waals surface area contributed by atoms with Crippen LogP contribution in [0.5, 0.6) is 5.75 Å². The Kier molecular flexibility index (Phi) is 7.46. The normalized spacial score (nSPS) is 15.9. The van der Waals surface area contributed by atoms with E-state index in [1.165, 1.54) is 12.8 Å². The summed E-state index contributed by atoms with van der Waals surface area (Å²) >= 11 is 6.22. The first kappa shape index (κ1) is 19.5. The molecule has 134 valence electrons. The van der Waals surface area contributed by atoms with E-state index in [-0.39, 0.29) is 10.2 Å². The molecule has 1 heterocycles. The lowest BCUT2D eigenvalue weighted by atomic mass is 10.1. The standard InChI is InChI=1S/C18H21NO4S2/c1-2-3-4-7-10-23-14-9-6-5-8-13(14)11-15-17(22)19(12-16(20)21)18(24)25-15/h5-6,8-9,11H,2-4,7,10,12H2,1H3,(H,20,21)/b15-11+. The summed E-state index contributed by atoms with van der Waals surface area (Å²) in [6.07, 6.45) is 6.20. The summed E-state index contributed by atoms with van der Waals surface area (Å²) in [7, 11) is 0. The predicted molar refractivity (Wildman–Crippen MR) is 104 cm³/mol. The van der Waals surface area contributed by atoms with Crippen LogP contribution >= 0.6 is 24.0 Å². The maximum atomic E-state index is 12.3. The molecule has 0 aliphatic carbocycles. The van der Waals surface area contributed by atoms with E-state index in [0.29, 0.717) is 17.3 Å². The van der Waals surface area contributed by atoms with E-state index >= 15 is 0 Å². The van der Waals surface area contributed by atoms with E-state index in [0.717, 1.165) is 35.1 Å². The van der Waals surface area contributed by atoms with Crippen LogP contribution in [0.1, 0.15) is 38.2 Å². The van der Waals surface area contributed by atoms with E-state index in [1.54, 1.807) is 6.08 Å². The number of thioether (sulfide) groups is 1. The van der Waals surface area contributed by atoms with Gasteiger partial charge in [-0.3, -0.25) is 14.5 Å². The van der Waals surface area contributed by atoms with Crippen LogP contribution < -0.4 is 4.74 Å². The second kappa shape index (κ2) is 9.58. The van der Waals surface area contributed by atoms with Crippen LogP contribution in [-0.2, 0) is 9.59 Å². The maximum absolute atomic E-state index is 12.3. The average molecular weight is 380 g/mol. The molecule has 1 fully saturated rings. The van der Waals surface area contributed by atoms with E-state index in [1.807, 2.05) is 24.3 Å².